The zero-order chi connectivity index (χ0) is 17.3. The van der Waals surface area contributed by atoms with Crippen LogP contribution in [0.2, 0.25) is 0 Å². The van der Waals surface area contributed by atoms with Crippen molar-refractivity contribution in [2.24, 2.45) is 0 Å². The van der Waals surface area contributed by atoms with E-state index in [0.29, 0.717) is 6.42 Å². The number of amides is 1. The minimum atomic E-state index is 0.234. The van der Waals surface area contributed by atoms with Gasteiger partial charge in [0.2, 0.25) is 5.91 Å². The van der Waals surface area contributed by atoms with Crippen molar-refractivity contribution in [2.45, 2.75) is 90.4 Å². The summed E-state index contributed by atoms with van der Waals surface area (Å²) in [6.07, 6.45) is 15.7. The summed E-state index contributed by atoms with van der Waals surface area (Å²) in [4.78, 5) is 11.8. The third-order valence-electron chi connectivity index (χ3n) is 4.56. The van der Waals surface area contributed by atoms with Gasteiger partial charge in [0.05, 0.1) is 0 Å². The maximum atomic E-state index is 11.8. The van der Waals surface area contributed by atoms with Crippen molar-refractivity contribution in [3.05, 3.63) is 35.9 Å². The summed E-state index contributed by atoms with van der Waals surface area (Å²) >= 11 is 0. The summed E-state index contributed by atoms with van der Waals surface area (Å²) < 4.78 is 0. The number of carbonyl (C=O) groups excluding carboxylic acids is 1. The van der Waals surface area contributed by atoms with Crippen LogP contribution in [0.1, 0.15) is 89.5 Å². The van der Waals surface area contributed by atoms with Crippen molar-refractivity contribution in [2.75, 3.05) is 6.54 Å². The molecule has 2 heteroatoms. The number of carbonyl (C=O) groups is 1. The van der Waals surface area contributed by atoms with Crippen LogP contribution in [0.5, 0.6) is 0 Å². The highest BCUT2D eigenvalue weighted by atomic mass is 16.1. The Bertz CT molecular complexity index is 402. The zero-order valence-corrected chi connectivity index (χ0v) is 15.7. The molecule has 0 aliphatic heterocycles. The van der Waals surface area contributed by atoms with Crippen LogP contribution in [-0.2, 0) is 11.2 Å². The molecule has 0 bridgehead atoms. The Morgan fingerprint density at radius 3 is 2.08 bits per heavy atom. The van der Waals surface area contributed by atoms with Gasteiger partial charge < -0.3 is 5.32 Å². The van der Waals surface area contributed by atoms with Crippen LogP contribution < -0.4 is 5.32 Å². The van der Waals surface area contributed by atoms with Gasteiger partial charge in [-0.25, -0.2) is 0 Å². The minimum absolute atomic E-state index is 0.234. The highest BCUT2D eigenvalue weighted by Crippen LogP contribution is 2.10. The summed E-state index contributed by atoms with van der Waals surface area (Å²) in [5, 5.41) is 3.06. The van der Waals surface area contributed by atoms with Gasteiger partial charge in [0.1, 0.15) is 0 Å². The summed E-state index contributed by atoms with van der Waals surface area (Å²) in [6, 6.07) is 10.6. The second-order valence-corrected chi connectivity index (χ2v) is 6.87. The third-order valence-corrected chi connectivity index (χ3v) is 4.56. The van der Waals surface area contributed by atoms with E-state index in [9.17, 15) is 4.79 Å². The molecule has 2 nitrogen and oxygen atoms in total. The summed E-state index contributed by atoms with van der Waals surface area (Å²) in [7, 11) is 0. The number of benzene rings is 1. The molecule has 1 aromatic carbocycles. The van der Waals surface area contributed by atoms with Crippen molar-refractivity contribution >= 4 is 5.91 Å². The average molecular weight is 332 g/mol. The average Bonchev–Trinajstić information content (AvgIpc) is 2.61. The maximum Gasteiger partial charge on any atom is 0.219 e. The molecule has 0 fully saturated rings. The van der Waals surface area contributed by atoms with E-state index in [1.807, 2.05) is 0 Å². The van der Waals surface area contributed by atoms with Crippen LogP contribution in [0.15, 0.2) is 30.3 Å². The molecular weight excluding hydrogens is 294 g/mol. The Balaban J connectivity index is 1.83. The molecule has 1 amide bonds. The molecule has 136 valence electrons. The molecule has 1 N–H and O–H groups in total. The molecule has 0 aliphatic carbocycles. The van der Waals surface area contributed by atoms with Gasteiger partial charge in [0.25, 0.3) is 0 Å². The van der Waals surface area contributed by atoms with Crippen LogP contribution in [0.3, 0.4) is 0 Å². The second kappa shape index (κ2) is 15.2. The van der Waals surface area contributed by atoms with Gasteiger partial charge in [-0.05, 0) is 31.2 Å². The van der Waals surface area contributed by atoms with E-state index in [0.717, 1.165) is 32.2 Å². The zero-order valence-electron chi connectivity index (χ0n) is 15.7. The van der Waals surface area contributed by atoms with Crippen LogP contribution in [0.25, 0.3) is 0 Å². The number of nitrogens with one attached hydrogen (secondary N) is 1. The molecular formula is C22H37NO. The van der Waals surface area contributed by atoms with E-state index in [2.05, 4.69) is 42.6 Å². The molecule has 0 aliphatic rings. The lowest BCUT2D eigenvalue weighted by molar-refractivity contribution is -0.121. The molecule has 0 spiro atoms. The monoisotopic (exact) mass is 331 g/mol. The van der Waals surface area contributed by atoms with Gasteiger partial charge in [-0.1, -0.05) is 88.6 Å². The van der Waals surface area contributed by atoms with E-state index in [1.54, 1.807) is 0 Å². The molecule has 24 heavy (non-hydrogen) atoms. The first-order chi connectivity index (χ1) is 11.8. The summed E-state index contributed by atoms with van der Waals surface area (Å²) in [5.41, 5.74) is 1.39. The first-order valence-electron chi connectivity index (χ1n) is 10.1. The van der Waals surface area contributed by atoms with E-state index >= 15 is 0 Å². The van der Waals surface area contributed by atoms with Crippen molar-refractivity contribution in [1.29, 1.82) is 0 Å². The number of hydrogen-bond acceptors (Lipinski definition) is 1. The van der Waals surface area contributed by atoms with Crippen LogP contribution in [0.4, 0.5) is 0 Å². The lowest BCUT2D eigenvalue weighted by Crippen LogP contribution is -2.24. The normalized spacial score (nSPS) is 10.7. The topological polar surface area (TPSA) is 29.1 Å². The van der Waals surface area contributed by atoms with Gasteiger partial charge in [0.15, 0.2) is 0 Å². The van der Waals surface area contributed by atoms with Crippen LogP contribution >= 0.6 is 0 Å². The lowest BCUT2D eigenvalue weighted by Gasteiger charge is -2.06. The first-order valence-corrected chi connectivity index (χ1v) is 10.1. The van der Waals surface area contributed by atoms with Crippen molar-refractivity contribution in [3.8, 4) is 0 Å². The van der Waals surface area contributed by atoms with Crippen LogP contribution in [-0.4, -0.2) is 12.5 Å². The Morgan fingerprint density at radius 2 is 1.42 bits per heavy atom. The Morgan fingerprint density at radius 1 is 0.792 bits per heavy atom. The van der Waals surface area contributed by atoms with Gasteiger partial charge >= 0.3 is 0 Å². The second-order valence-electron chi connectivity index (χ2n) is 6.87. The Hall–Kier alpha value is -1.31. The summed E-state index contributed by atoms with van der Waals surface area (Å²) in [5.74, 6) is 0.234. The molecule has 0 saturated carbocycles. The SMILES string of the molecule is CCCCCCCCCCCC(=O)NCCCCc1ccccc1. The van der Waals surface area contributed by atoms with Gasteiger partial charge in [-0.2, -0.15) is 0 Å². The summed E-state index contributed by atoms with van der Waals surface area (Å²) in [6.45, 7) is 3.08. The Labute approximate surface area is 149 Å². The number of rotatable bonds is 15. The number of unbranched alkanes of at least 4 members (excludes halogenated alkanes) is 9. The fourth-order valence-corrected chi connectivity index (χ4v) is 3.01. The standard InChI is InChI=1S/C22H37NO/c1-2-3-4-5-6-7-8-9-13-19-22(24)23-20-15-14-18-21-16-11-10-12-17-21/h10-12,16-17H,2-9,13-15,18-20H2,1H3,(H,23,24). The maximum absolute atomic E-state index is 11.8. The van der Waals surface area contributed by atoms with E-state index in [1.165, 1.54) is 56.9 Å². The molecule has 0 atom stereocenters. The Kier molecular flexibility index (Phi) is 13.2. The minimum Gasteiger partial charge on any atom is -0.356 e. The van der Waals surface area contributed by atoms with Gasteiger partial charge in [-0.15, -0.1) is 0 Å². The highest BCUT2D eigenvalue weighted by molar-refractivity contribution is 5.75. The number of aryl methyl sites for hydroxylation is 1. The van der Waals surface area contributed by atoms with Gasteiger partial charge in [0, 0.05) is 13.0 Å². The fourth-order valence-electron chi connectivity index (χ4n) is 3.01. The van der Waals surface area contributed by atoms with Crippen LogP contribution in [0, 0.1) is 0 Å². The smallest absolute Gasteiger partial charge is 0.219 e. The van der Waals surface area contributed by atoms with E-state index in [-0.39, 0.29) is 5.91 Å². The molecule has 0 saturated heterocycles. The first kappa shape index (κ1) is 20.7. The van der Waals surface area contributed by atoms with E-state index < -0.39 is 0 Å². The molecule has 1 rings (SSSR count). The molecule has 0 aromatic heterocycles. The fraction of sp³-hybridized carbons (Fsp3) is 0.682. The highest BCUT2D eigenvalue weighted by Gasteiger charge is 2.00. The quantitative estimate of drug-likeness (QED) is 0.390. The van der Waals surface area contributed by atoms with E-state index in [4.69, 9.17) is 0 Å². The molecule has 1 aromatic rings. The van der Waals surface area contributed by atoms with Crippen molar-refractivity contribution < 1.29 is 4.79 Å². The lowest BCUT2D eigenvalue weighted by atomic mass is 10.1. The van der Waals surface area contributed by atoms with Crippen molar-refractivity contribution in [3.63, 3.8) is 0 Å². The predicted octanol–water partition coefficient (Wildman–Crippen LogP) is 6.05. The molecule has 0 heterocycles. The predicted molar refractivity (Wildman–Crippen MR) is 104 cm³/mol. The van der Waals surface area contributed by atoms with Crippen molar-refractivity contribution in [1.82, 2.24) is 5.32 Å². The molecule has 0 radical (unpaired) electrons. The van der Waals surface area contributed by atoms with Gasteiger partial charge in [-0.3, -0.25) is 4.79 Å². The molecule has 0 unspecified atom stereocenters. The largest absolute Gasteiger partial charge is 0.356 e. The number of hydrogen-bond donors (Lipinski definition) is 1. The third kappa shape index (κ3) is 12.2.